The first kappa shape index (κ1) is 28.8. The number of carbonyl (C=O) groups excluding carboxylic acids is 3. The highest BCUT2D eigenvalue weighted by molar-refractivity contribution is 7.99. The molecule has 3 aromatic carbocycles. The van der Waals surface area contributed by atoms with Gasteiger partial charge in [-0.15, -0.1) is 10.2 Å². The third-order valence-electron chi connectivity index (χ3n) is 5.55. The summed E-state index contributed by atoms with van der Waals surface area (Å²) in [5, 5.41) is 15.0. The van der Waals surface area contributed by atoms with Gasteiger partial charge in [-0.25, -0.2) is 4.79 Å². The summed E-state index contributed by atoms with van der Waals surface area (Å²) in [6, 6.07) is 21.3. The van der Waals surface area contributed by atoms with E-state index in [9.17, 15) is 14.4 Å². The molecule has 206 valence electrons. The van der Waals surface area contributed by atoms with Gasteiger partial charge in [-0.3, -0.25) is 14.2 Å². The number of carbonyl (C=O) groups is 3. The summed E-state index contributed by atoms with van der Waals surface area (Å²) in [7, 11) is 0. The molecule has 1 heterocycles. The summed E-state index contributed by atoms with van der Waals surface area (Å²) in [5.41, 5.74) is 2.91. The van der Waals surface area contributed by atoms with Gasteiger partial charge in [-0.1, -0.05) is 59.3 Å². The summed E-state index contributed by atoms with van der Waals surface area (Å²) >= 11 is 7.43. The second kappa shape index (κ2) is 13.3. The zero-order valence-electron chi connectivity index (χ0n) is 22.2. The van der Waals surface area contributed by atoms with Crippen LogP contribution in [0.3, 0.4) is 0 Å². The number of amides is 2. The fourth-order valence-electron chi connectivity index (χ4n) is 3.74. The number of anilines is 1. The van der Waals surface area contributed by atoms with E-state index >= 15 is 0 Å². The molecule has 0 radical (unpaired) electrons. The molecule has 0 aliphatic rings. The van der Waals surface area contributed by atoms with Crippen LogP contribution in [-0.4, -0.2) is 44.4 Å². The van der Waals surface area contributed by atoms with Gasteiger partial charge in [0.25, 0.3) is 5.91 Å². The van der Waals surface area contributed by atoms with Crippen LogP contribution in [0, 0.1) is 6.92 Å². The fraction of sp³-hybridized carbons (Fsp3) is 0.207. The SMILES string of the molecule is Cc1cccc(C(=O)NCc2nnc(SCC(=O)Nc3cc(C(=O)OC(C)C)ccc3Cl)n2-c2ccccc2)c1. The van der Waals surface area contributed by atoms with Crippen molar-refractivity contribution in [3.8, 4) is 5.69 Å². The lowest BCUT2D eigenvalue weighted by Crippen LogP contribution is -2.24. The minimum Gasteiger partial charge on any atom is -0.459 e. The number of aryl methyl sites for hydroxylation is 1. The monoisotopic (exact) mass is 577 g/mol. The highest BCUT2D eigenvalue weighted by atomic mass is 35.5. The molecule has 0 aliphatic heterocycles. The quantitative estimate of drug-likeness (QED) is 0.190. The molecule has 2 amide bonds. The van der Waals surface area contributed by atoms with Crippen LogP contribution < -0.4 is 10.6 Å². The predicted octanol–water partition coefficient (Wildman–Crippen LogP) is 5.46. The molecule has 0 spiro atoms. The zero-order chi connectivity index (χ0) is 28.6. The van der Waals surface area contributed by atoms with Crippen LogP contribution in [-0.2, 0) is 16.1 Å². The lowest BCUT2D eigenvalue weighted by atomic mass is 10.1. The molecule has 1 aromatic heterocycles. The average molecular weight is 578 g/mol. The summed E-state index contributed by atoms with van der Waals surface area (Å²) in [6.07, 6.45) is -0.277. The van der Waals surface area contributed by atoms with Crippen molar-refractivity contribution in [3.63, 3.8) is 0 Å². The Labute approximate surface area is 241 Å². The third kappa shape index (κ3) is 7.49. The molecule has 0 saturated heterocycles. The number of thioether (sulfide) groups is 1. The molecule has 4 rings (SSSR count). The second-order valence-electron chi connectivity index (χ2n) is 9.11. The minimum absolute atomic E-state index is 0.00237. The molecule has 0 unspecified atom stereocenters. The number of nitrogens with zero attached hydrogens (tertiary/aromatic N) is 3. The Bertz CT molecular complexity index is 1520. The maximum Gasteiger partial charge on any atom is 0.338 e. The fourth-order valence-corrected chi connectivity index (χ4v) is 4.67. The first-order chi connectivity index (χ1) is 19.2. The Hall–Kier alpha value is -4.15. The molecule has 11 heteroatoms. The maximum atomic E-state index is 12.8. The number of hydrogen-bond donors (Lipinski definition) is 2. The van der Waals surface area contributed by atoms with Crippen LogP contribution in [0.25, 0.3) is 5.69 Å². The highest BCUT2D eigenvalue weighted by Crippen LogP contribution is 2.26. The van der Waals surface area contributed by atoms with Crippen molar-refractivity contribution >= 4 is 46.8 Å². The average Bonchev–Trinajstić information content (AvgIpc) is 3.34. The van der Waals surface area contributed by atoms with Crippen molar-refractivity contribution in [2.75, 3.05) is 11.1 Å². The van der Waals surface area contributed by atoms with Gasteiger partial charge >= 0.3 is 5.97 Å². The summed E-state index contributed by atoms with van der Waals surface area (Å²) in [5.74, 6) is -0.573. The van der Waals surface area contributed by atoms with Gasteiger partial charge in [0.1, 0.15) is 0 Å². The smallest absolute Gasteiger partial charge is 0.338 e. The Kier molecular flexibility index (Phi) is 9.57. The van der Waals surface area contributed by atoms with E-state index < -0.39 is 5.97 Å². The normalized spacial score (nSPS) is 10.8. The summed E-state index contributed by atoms with van der Waals surface area (Å²) in [4.78, 5) is 37.8. The second-order valence-corrected chi connectivity index (χ2v) is 10.5. The van der Waals surface area contributed by atoms with Gasteiger partial charge in [0.2, 0.25) is 5.91 Å². The number of benzene rings is 3. The molecule has 9 nitrogen and oxygen atoms in total. The van der Waals surface area contributed by atoms with Gasteiger partial charge in [0, 0.05) is 11.3 Å². The number of aromatic nitrogens is 3. The molecule has 0 atom stereocenters. The number of nitrogens with one attached hydrogen (secondary N) is 2. The van der Waals surface area contributed by atoms with E-state index in [0.29, 0.717) is 27.3 Å². The molecule has 4 aromatic rings. The van der Waals surface area contributed by atoms with E-state index in [1.54, 1.807) is 30.5 Å². The number of halogens is 1. The Morgan fingerprint density at radius 3 is 2.48 bits per heavy atom. The van der Waals surface area contributed by atoms with E-state index in [0.717, 1.165) is 11.3 Å². The molecule has 0 fully saturated rings. The number of esters is 1. The van der Waals surface area contributed by atoms with E-state index in [1.807, 2.05) is 55.5 Å². The van der Waals surface area contributed by atoms with E-state index in [4.69, 9.17) is 16.3 Å². The van der Waals surface area contributed by atoms with Gasteiger partial charge in [0.15, 0.2) is 11.0 Å². The lowest BCUT2D eigenvalue weighted by molar-refractivity contribution is -0.113. The predicted molar refractivity (Wildman–Crippen MR) is 155 cm³/mol. The number of rotatable bonds is 10. The molecular weight excluding hydrogens is 550 g/mol. The van der Waals surface area contributed by atoms with Crippen LogP contribution in [0.2, 0.25) is 5.02 Å². The maximum absolute atomic E-state index is 12.8. The van der Waals surface area contributed by atoms with E-state index in [2.05, 4.69) is 20.8 Å². The van der Waals surface area contributed by atoms with Crippen molar-refractivity contribution < 1.29 is 19.1 Å². The zero-order valence-corrected chi connectivity index (χ0v) is 23.8. The molecule has 0 saturated carbocycles. The summed E-state index contributed by atoms with van der Waals surface area (Å²) in [6.45, 7) is 5.57. The van der Waals surface area contributed by atoms with Crippen molar-refractivity contribution in [1.29, 1.82) is 0 Å². The van der Waals surface area contributed by atoms with Crippen LogP contribution in [0.1, 0.15) is 46.0 Å². The molecule has 40 heavy (non-hydrogen) atoms. The van der Waals surface area contributed by atoms with Crippen molar-refractivity contribution in [1.82, 2.24) is 20.1 Å². The van der Waals surface area contributed by atoms with E-state index in [-0.39, 0.29) is 35.8 Å². The highest BCUT2D eigenvalue weighted by Gasteiger charge is 2.18. The summed E-state index contributed by atoms with van der Waals surface area (Å²) < 4.78 is 7.02. The van der Waals surface area contributed by atoms with E-state index in [1.165, 1.54) is 23.9 Å². The largest absolute Gasteiger partial charge is 0.459 e. The molecular formula is C29H28ClN5O4S. The van der Waals surface area contributed by atoms with Gasteiger partial charge in [-0.2, -0.15) is 0 Å². The van der Waals surface area contributed by atoms with Crippen LogP contribution in [0.5, 0.6) is 0 Å². The van der Waals surface area contributed by atoms with Crippen LogP contribution in [0.15, 0.2) is 78.0 Å². The van der Waals surface area contributed by atoms with Crippen LogP contribution in [0.4, 0.5) is 5.69 Å². The Morgan fingerprint density at radius 1 is 0.975 bits per heavy atom. The number of hydrogen-bond acceptors (Lipinski definition) is 7. The molecule has 0 bridgehead atoms. The van der Waals surface area contributed by atoms with Crippen LogP contribution >= 0.6 is 23.4 Å². The Balaban J connectivity index is 1.47. The molecule has 0 aliphatic carbocycles. The van der Waals surface area contributed by atoms with Crippen molar-refractivity contribution in [2.45, 2.75) is 38.6 Å². The lowest BCUT2D eigenvalue weighted by Gasteiger charge is -2.12. The molecule has 2 N–H and O–H groups in total. The van der Waals surface area contributed by atoms with Crippen molar-refractivity contribution in [2.24, 2.45) is 0 Å². The van der Waals surface area contributed by atoms with Gasteiger partial charge < -0.3 is 15.4 Å². The minimum atomic E-state index is -0.505. The standard InChI is InChI=1S/C29H28ClN5O4S/c1-18(2)39-28(38)21-12-13-23(30)24(15-21)32-26(36)17-40-29-34-33-25(35(29)22-10-5-4-6-11-22)16-31-27(37)20-9-7-8-19(3)14-20/h4-15,18H,16-17H2,1-3H3,(H,31,37)(H,32,36). The topological polar surface area (TPSA) is 115 Å². The van der Waals surface area contributed by atoms with Crippen molar-refractivity contribution in [3.05, 3.63) is 100 Å². The first-order valence-corrected chi connectivity index (χ1v) is 13.9. The van der Waals surface area contributed by atoms with Gasteiger partial charge in [-0.05, 0) is 63.2 Å². The van der Waals surface area contributed by atoms with Gasteiger partial charge in [0.05, 0.1) is 34.7 Å². The Morgan fingerprint density at radius 2 is 1.75 bits per heavy atom. The number of para-hydroxylation sites is 1. The third-order valence-corrected chi connectivity index (χ3v) is 6.81. The first-order valence-electron chi connectivity index (χ1n) is 12.5. The number of ether oxygens (including phenoxy) is 1.